The molecule has 0 aromatic heterocycles. The highest BCUT2D eigenvalue weighted by Crippen LogP contribution is 2.41. The maximum absolute atomic E-state index is 13.2. The Hall–Kier alpha value is -2.86. The third-order valence-electron chi connectivity index (χ3n) is 6.14. The molecule has 0 atom stereocenters. The Kier molecular flexibility index (Phi) is 6.70. The molecule has 3 rings (SSSR count). The molecule has 0 radical (unpaired) electrons. The number of fused-ring (bicyclic) bond motifs is 2. The number of phenols is 2. The molecule has 0 bridgehead atoms. The van der Waals surface area contributed by atoms with E-state index in [4.69, 9.17) is 4.74 Å². The zero-order valence-electron chi connectivity index (χ0n) is 18.8. The van der Waals surface area contributed by atoms with Crippen molar-refractivity contribution in [3.63, 3.8) is 0 Å². The number of unbranched alkanes of at least 4 members (excludes halogenated alkanes) is 5. The maximum atomic E-state index is 13.2. The van der Waals surface area contributed by atoms with Crippen LogP contribution in [0.4, 0.5) is 5.69 Å². The summed E-state index contributed by atoms with van der Waals surface area (Å²) < 4.78 is 5.63. The first-order valence-corrected chi connectivity index (χ1v) is 10.9. The van der Waals surface area contributed by atoms with Crippen LogP contribution in [0.5, 0.6) is 17.2 Å². The molecular formula is C25H32NO5+. The van der Waals surface area contributed by atoms with Crippen LogP contribution in [-0.2, 0) is 0 Å². The Balaban J connectivity index is 1.92. The molecular weight excluding hydrogens is 394 g/mol. The van der Waals surface area contributed by atoms with Gasteiger partial charge in [-0.3, -0.25) is 14.1 Å². The number of methoxy groups -OCH3 is 1. The fourth-order valence-corrected chi connectivity index (χ4v) is 4.20. The molecule has 0 spiro atoms. The van der Waals surface area contributed by atoms with Gasteiger partial charge in [0, 0.05) is 29.3 Å². The van der Waals surface area contributed by atoms with E-state index in [1.54, 1.807) is 12.1 Å². The average molecular weight is 427 g/mol. The van der Waals surface area contributed by atoms with Gasteiger partial charge >= 0.3 is 0 Å². The number of ketones is 2. The van der Waals surface area contributed by atoms with Gasteiger partial charge in [0.25, 0.3) is 0 Å². The zero-order chi connectivity index (χ0) is 22.8. The topological polar surface area (TPSA) is 83.8 Å². The fourth-order valence-electron chi connectivity index (χ4n) is 4.20. The molecule has 2 aromatic rings. The second-order valence-corrected chi connectivity index (χ2v) is 8.79. The van der Waals surface area contributed by atoms with E-state index < -0.39 is 11.6 Å². The van der Waals surface area contributed by atoms with E-state index in [-0.39, 0.29) is 33.8 Å². The van der Waals surface area contributed by atoms with E-state index in [1.165, 1.54) is 44.9 Å². The summed E-state index contributed by atoms with van der Waals surface area (Å²) in [6.07, 6.45) is 7.11. The zero-order valence-corrected chi connectivity index (χ0v) is 18.8. The summed E-state index contributed by atoms with van der Waals surface area (Å²) in [5.41, 5.74) is 0.867. The molecule has 1 aliphatic carbocycles. The predicted molar refractivity (Wildman–Crippen MR) is 122 cm³/mol. The van der Waals surface area contributed by atoms with Crippen LogP contribution < -0.4 is 9.22 Å². The fraction of sp³-hybridized carbons (Fsp3) is 0.440. The lowest BCUT2D eigenvalue weighted by Crippen LogP contribution is -2.41. The molecule has 0 saturated heterocycles. The van der Waals surface area contributed by atoms with Gasteiger partial charge in [0.15, 0.2) is 5.78 Å². The largest absolute Gasteiger partial charge is 0.507 e. The van der Waals surface area contributed by atoms with Crippen molar-refractivity contribution in [3.8, 4) is 17.2 Å². The molecule has 31 heavy (non-hydrogen) atoms. The van der Waals surface area contributed by atoms with Crippen molar-refractivity contribution in [3.05, 3.63) is 46.5 Å². The molecule has 2 aromatic carbocycles. The summed E-state index contributed by atoms with van der Waals surface area (Å²) in [7, 11) is 5.49. The highest BCUT2D eigenvalue weighted by Gasteiger charge is 2.37. The Morgan fingerprint density at radius 1 is 0.806 bits per heavy atom. The number of aromatic hydroxyl groups is 2. The minimum Gasteiger partial charge on any atom is -0.507 e. The summed E-state index contributed by atoms with van der Waals surface area (Å²) in [4.78, 5) is 26.3. The molecule has 0 amide bonds. The number of carbonyl (C=O) groups is 2. The molecule has 1 aliphatic rings. The smallest absolute Gasteiger partial charge is 0.201 e. The summed E-state index contributed by atoms with van der Waals surface area (Å²) >= 11 is 0. The summed E-state index contributed by atoms with van der Waals surface area (Å²) in [5.74, 6) is -1.24. The number of carbonyl (C=O) groups excluding carboxylic acids is 2. The summed E-state index contributed by atoms with van der Waals surface area (Å²) in [6.45, 7) is 3.06. The standard InChI is InChI=1S/C25H31NO5/c1-5-6-7-8-9-10-11-26(2,3)16-12-18-22(20(27)13-16)25(30)23-19(24(18)29)14-17(31-4)15-21(23)28/h12-15H,5-11H2,1-4H3,(H-,27,28,30)/p+1. The van der Waals surface area contributed by atoms with Crippen molar-refractivity contribution in [1.82, 2.24) is 4.48 Å². The monoisotopic (exact) mass is 426 g/mol. The van der Waals surface area contributed by atoms with Gasteiger partial charge in [0.2, 0.25) is 5.78 Å². The SMILES string of the molecule is CCCCCCCC[N+](C)(C)c1cc(O)c2c(c1)C(=O)c1cc(OC)cc(O)c1C2=O. The molecule has 2 N–H and O–H groups in total. The predicted octanol–water partition coefficient (Wildman–Crippen LogP) is 4.81. The molecule has 166 valence electrons. The number of benzene rings is 2. The minimum absolute atomic E-state index is 0.0544. The molecule has 6 heteroatoms. The van der Waals surface area contributed by atoms with Crippen LogP contribution in [0.3, 0.4) is 0 Å². The lowest BCUT2D eigenvalue weighted by Gasteiger charge is -2.31. The van der Waals surface area contributed by atoms with Crippen LogP contribution >= 0.6 is 0 Å². The summed E-state index contributed by atoms with van der Waals surface area (Å²) in [6, 6.07) is 6.01. The quantitative estimate of drug-likeness (QED) is 0.379. The number of ether oxygens (including phenoxy) is 1. The van der Waals surface area contributed by atoms with E-state index in [9.17, 15) is 19.8 Å². The molecule has 0 fully saturated rings. The number of hydrogen-bond donors (Lipinski definition) is 2. The molecule has 0 aliphatic heterocycles. The molecule has 0 unspecified atom stereocenters. The van der Waals surface area contributed by atoms with Crippen LogP contribution in [0.15, 0.2) is 24.3 Å². The highest BCUT2D eigenvalue weighted by molar-refractivity contribution is 6.30. The molecule has 0 saturated carbocycles. The first kappa shape index (κ1) is 22.8. The lowest BCUT2D eigenvalue weighted by molar-refractivity contribution is 0.0973. The maximum Gasteiger partial charge on any atom is 0.201 e. The van der Waals surface area contributed by atoms with Gasteiger partial charge in [0.05, 0.1) is 38.9 Å². The van der Waals surface area contributed by atoms with Gasteiger partial charge in [0.1, 0.15) is 22.9 Å². The van der Waals surface area contributed by atoms with Crippen molar-refractivity contribution in [2.24, 2.45) is 0 Å². The Morgan fingerprint density at radius 2 is 1.39 bits per heavy atom. The van der Waals surface area contributed by atoms with Crippen LogP contribution in [-0.4, -0.2) is 49.5 Å². The average Bonchev–Trinajstić information content (AvgIpc) is 2.73. The van der Waals surface area contributed by atoms with Gasteiger partial charge in [-0.25, -0.2) is 0 Å². The Morgan fingerprint density at radius 3 is 2.03 bits per heavy atom. The van der Waals surface area contributed by atoms with Gasteiger partial charge in [-0.2, -0.15) is 0 Å². The second-order valence-electron chi connectivity index (χ2n) is 8.79. The highest BCUT2D eigenvalue weighted by atomic mass is 16.5. The van der Waals surface area contributed by atoms with Crippen LogP contribution in [0.1, 0.15) is 77.3 Å². The van der Waals surface area contributed by atoms with Crippen molar-refractivity contribution < 1.29 is 24.5 Å². The van der Waals surface area contributed by atoms with Crippen molar-refractivity contribution in [2.45, 2.75) is 45.4 Å². The third-order valence-corrected chi connectivity index (χ3v) is 6.14. The number of phenolic OH excluding ortho intramolecular Hbond substituents is 2. The van der Waals surface area contributed by atoms with Gasteiger partial charge < -0.3 is 14.9 Å². The normalized spacial score (nSPS) is 13.2. The van der Waals surface area contributed by atoms with Crippen molar-refractivity contribution in [2.75, 3.05) is 27.7 Å². The first-order valence-electron chi connectivity index (χ1n) is 10.9. The third kappa shape index (κ3) is 4.44. The van der Waals surface area contributed by atoms with E-state index in [1.807, 2.05) is 14.1 Å². The number of rotatable bonds is 9. The number of nitrogens with zero attached hydrogens (tertiary/aromatic N) is 1. The van der Waals surface area contributed by atoms with Gasteiger partial charge in [-0.05, 0) is 18.9 Å². The van der Waals surface area contributed by atoms with Crippen LogP contribution in [0, 0.1) is 0 Å². The van der Waals surface area contributed by atoms with Crippen molar-refractivity contribution in [1.29, 1.82) is 0 Å². The number of quaternary nitrogens is 1. The van der Waals surface area contributed by atoms with E-state index in [2.05, 4.69) is 6.92 Å². The summed E-state index contributed by atoms with van der Waals surface area (Å²) in [5, 5.41) is 21.0. The molecule has 6 nitrogen and oxygen atoms in total. The van der Waals surface area contributed by atoms with Crippen molar-refractivity contribution >= 4 is 17.3 Å². The Bertz CT molecular complexity index is 1010. The van der Waals surface area contributed by atoms with Gasteiger partial charge in [-0.15, -0.1) is 0 Å². The lowest BCUT2D eigenvalue weighted by atomic mass is 9.82. The molecule has 0 heterocycles. The second kappa shape index (κ2) is 9.10. The van der Waals surface area contributed by atoms with Crippen LogP contribution in [0.2, 0.25) is 0 Å². The first-order chi connectivity index (χ1) is 14.7. The van der Waals surface area contributed by atoms with Gasteiger partial charge in [-0.1, -0.05) is 32.6 Å². The van der Waals surface area contributed by atoms with E-state index in [0.717, 1.165) is 25.1 Å². The van der Waals surface area contributed by atoms with Crippen LogP contribution in [0.25, 0.3) is 0 Å². The van der Waals surface area contributed by atoms with E-state index in [0.29, 0.717) is 10.2 Å². The Labute approximate surface area is 183 Å². The minimum atomic E-state index is -0.560. The number of hydrogen-bond acceptors (Lipinski definition) is 5. The van der Waals surface area contributed by atoms with E-state index >= 15 is 0 Å².